The van der Waals surface area contributed by atoms with Gasteiger partial charge in [-0.05, 0) is 24.6 Å². The average molecular weight is 291 g/mol. The number of nitrogens with zero attached hydrogens (tertiary/aromatic N) is 2. The molecule has 1 aromatic heterocycles. The van der Waals surface area contributed by atoms with Gasteiger partial charge in [0.1, 0.15) is 0 Å². The standard InChI is InChI=1S/C18H17N3O/c1-14-7-9-17(10-8-14)20-18(22)16-11-19-21(13-16)12-15-5-3-2-4-6-15/h2-11,13H,12H2,1H3,(H,20,22). The molecule has 3 rings (SSSR count). The Kier molecular flexibility index (Phi) is 4.01. The summed E-state index contributed by atoms with van der Waals surface area (Å²) in [4.78, 5) is 12.2. The van der Waals surface area contributed by atoms with Gasteiger partial charge in [-0.25, -0.2) is 0 Å². The van der Waals surface area contributed by atoms with Gasteiger partial charge in [-0.15, -0.1) is 0 Å². The van der Waals surface area contributed by atoms with Crippen LogP contribution in [0.4, 0.5) is 5.69 Å². The maximum absolute atomic E-state index is 12.2. The summed E-state index contributed by atoms with van der Waals surface area (Å²) in [5.41, 5.74) is 3.65. The molecule has 0 unspecified atom stereocenters. The van der Waals surface area contributed by atoms with Crippen molar-refractivity contribution in [3.05, 3.63) is 83.7 Å². The lowest BCUT2D eigenvalue weighted by atomic mass is 10.2. The smallest absolute Gasteiger partial charge is 0.258 e. The van der Waals surface area contributed by atoms with Crippen LogP contribution in [0.5, 0.6) is 0 Å². The molecule has 0 aliphatic carbocycles. The molecule has 1 amide bonds. The van der Waals surface area contributed by atoms with Crippen LogP contribution in [-0.4, -0.2) is 15.7 Å². The van der Waals surface area contributed by atoms with Gasteiger partial charge in [0.05, 0.1) is 18.3 Å². The number of aryl methyl sites for hydroxylation is 1. The van der Waals surface area contributed by atoms with Gasteiger partial charge in [0, 0.05) is 11.9 Å². The molecule has 22 heavy (non-hydrogen) atoms. The molecule has 0 fully saturated rings. The lowest BCUT2D eigenvalue weighted by Gasteiger charge is -2.03. The number of anilines is 1. The molecule has 0 aliphatic rings. The summed E-state index contributed by atoms with van der Waals surface area (Å²) < 4.78 is 1.76. The zero-order valence-corrected chi connectivity index (χ0v) is 12.4. The van der Waals surface area contributed by atoms with Crippen LogP contribution in [-0.2, 0) is 6.54 Å². The molecule has 0 radical (unpaired) electrons. The summed E-state index contributed by atoms with van der Waals surface area (Å²) in [7, 11) is 0. The van der Waals surface area contributed by atoms with E-state index in [2.05, 4.69) is 10.4 Å². The number of benzene rings is 2. The lowest BCUT2D eigenvalue weighted by Crippen LogP contribution is -2.11. The highest BCUT2D eigenvalue weighted by Crippen LogP contribution is 2.11. The van der Waals surface area contributed by atoms with E-state index < -0.39 is 0 Å². The fourth-order valence-electron chi connectivity index (χ4n) is 2.18. The van der Waals surface area contributed by atoms with E-state index >= 15 is 0 Å². The third-order valence-electron chi connectivity index (χ3n) is 3.39. The third-order valence-corrected chi connectivity index (χ3v) is 3.39. The summed E-state index contributed by atoms with van der Waals surface area (Å²) in [6.07, 6.45) is 3.35. The number of carbonyl (C=O) groups is 1. The summed E-state index contributed by atoms with van der Waals surface area (Å²) in [5, 5.41) is 7.11. The molecule has 0 aliphatic heterocycles. The van der Waals surface area contributed by atoms with Crippen molar-refractivity contribution in [3.8, 4) is 0 Å². The molecule has 4 nitrogen and oxygen atoms in total. The molecular weight excluding hydrogens is 274 g/mol. The van der Waals surface area contributed by atoms with E-state index in [0.29, 0.717) is 12.1 Å². The quantitative estimate of drug-likeness (QED) is 0.800. The lowest BCUT2D eigenvalue weighted by molar-refractivity contribution is 0.102. The van der Waals surface area contributed by atoms with E-state index in [0.717, 1.165) is 16.8 Å². The minimum Gasteiger partial charge on any atom is -0.322 e. The first-order valence-corrected chi connectivity index (χ1v) is 7.15. The van der Waals surface area contributed by atoms with Crippen LogP contribution in [0.15, 0.2) is 67.0 Å². The van der Waals surface area contributed by atoms with Crippen molar-refractivity contribution < 1.29 is 4.79 Å². The second-order valence-corrected chi connectivity index (χ2v) is 5.23. The Morgan fingerprint density at radius 1 is 1.09 bits per heavy atom. The zero-order chi connectivity index (χ0) is 15.4. The van der Waals surface area contributed by atoms with Gasteiger partial charge in [0.2, 0.25) is 0 Å². The van der Waals surface area contributed by atoms with E-state index in [1.165, 1.54) is 0 Å². The number of hydrogen-bond acceptors (Lipinski definition) is 2. The number of aromatic nitrogens is 2. The van der Waals surface area contributed by atoms with Crippen LogP contribution in [0.1, 0.15) is 21.5 Å². The number of rotatable bonds is 4. The third kappa shape index (κ3) is 3.41. The second-order valence-electron chi connectivity index (χ2n) is 5.23. The maximum Gasteiger partial charge on any atom is 0.258 e. The van der Waals surface area contributed by atoms with Gasteiger partial charge in [0.25, 0.3) is 5.91 Å². The Hall–Kier alpha value is -2.88. The first kappa shape index (κ1) is 14.1. The molecule has 1 N–H and O–H groups in total. The number of hydrogen-bond donors (Lipinski definition) is 1. The average Bonchev–Trinajstić information content (AvgIpc) is 2.99. The molecular formula is C18H17N3O. The van der Waals surface area contributed by atoms with Crippen LogP contribution in [0.2, 0.25) is 0 Å². The Morgan fingerprint density at radius 3 is 2.55 bits per heavy atom. The first-order valence-electron chi connectivity index (χ1n) is 7.15. The van der Waals surface area contributed by atoms with Gasteiger partial charge >= 0.3 is 0 Å². The van der Waals surface area contributed by atoms with E-state index in [1.807, 2.05) is 61.5 Å². The highest BCUT2D eigenvalue weighted by molar-refractivity contribution is 6.03. The summed E-state index contributed by atoms with van der Waals surface area (Å²) in [6.45, 7) is 2.66. The molecule has 1 heterocycles. The fraction of sp³-hybridized carbons (Fsp3) is 0.111. The Balaban J connectivity index is 1.67. The van der Waals surface area contributed by atoms with Gasteiger partial charge < -0.3 is 5.32 Å². The summed E-state index contributed by atoms with van der Waals surface area (Å²) in [6, 6.07) is 17.7. The first-order chi connectivity index (χ1) is 10.7. The Labute approximate surface area is 129 Å². The van der Waals surface area contributed by atoms with E-state index in [9.17, 15) is 4.79 Å². The minimum absolute atomic E-state index is 0.150. The predicted molar refractivity (Wildman–Crippen MR) is 86.9 cm³/mol. The minimum atomic E-state index is -0.150. The van der Waals surface area contributed by atoms with Crippen molar-refractivity contribution in [1.82, 2.24) is 9.78 Å². The summed E-state index contributed by atoms with van der Waals surface area (Å²) >= 11 is 0. The van der Waals surface area contributed by atoms with Crippen molar-refractivity contribution in [3.63, 3.8) is 0 Å². The monoisotopic (exact) mass is 291 g/mol. The van der Waals surface area contributed by atoms with Gasteiger partial charge in [-0.3, -0.25) is 9.48 Å². The van der Waals surface area contributed by atoms with Crippen molar-refractivity contribution >= 4 is 11.6 Å². The normalized spacial score (nSPS) is 10.4. The highest BCUT2D eigenvalue weighted by Gasteiger charge is 2.09. The molecule has 0 saturated heterocycles. The number of carbonyl (C=O) groups excluding carboxylic acids is 1. The molecule has 0 atom stereocenters. The topological polar surface area (TPSA) is 46.9 Å². The van der Waals surface area contributed by atoms with Crippen molar-refractivity contribution in [2.75, 3.05) is 5.32 Å². The fourth-order valence-corrected chi connectivity index (χ4v) is 2.18. The molecule has 3 aromatic rings. The SMILES string of the molecule is Cc1ccc(NC(=O)c2cnn(Cc3ccccc3)c2)cc1. The molecule has 0 saturated carbocycles. The molecule has 4 heteroatoms. The van der Waals surface area contributed by atoms with Gasteiger partial charge in [0.15, 0.2) is 0 Å². The number of nitrogens with one attached hydrogen (secondary N) is 1. The van der Waals surface area contributed by atoms with Crippen LogP contribution in [0, 0.1) is 6.92 Å². The predicted octanol–water partition coefficient (Wildman–Crippen LogP) is 3.49. The van der Waals surface area contributed by atoms with Crippen LogP contribution < -0.4 is 5.32 Å². The molecule has 0 spiro atoms. The molecule has 110 valence electrons. The van der Waals surface area contributed by atoms with Crippen LogP contribution in [0.25, 0.3) is 0 Å². The highest BCUT2D eigenvalue weighted by atomic mass is 16.1. The zero-order valence-electron chi connectivity index (χ0n) is 12.4. The van der Waals surface area contributed by atoms with E-state index in [-0.39, 0.29) is 5.91 Å². The van der Waals surface area contributed by atoms with Crippen LogP contribution in [0.3, 0.4) is 0 Å². The molecule has 0 bridgehead atoms. The van der Waals surface area contributed by atoms with Crippen molar-refractivity contribution in [1.29, 1.82) is 0 Å². The van der Waals surface area contributed by atoms with Crippen molar-refractivity contribution in [2.24, 2.45) is 0 Å². The van der Waals surface area contributed by atoms with Gasteiger partial charge in [-0.1, -0.05) is 48.0 Å². The van der Waals surface area contributed by atoms with Gasteiger partial charge in [-0.2, -0.15) is 5.10 Å². The maximum atomic E-state index is 12.2. The Bertz CT molecular complexity index is 761. The van der Waals surface area contributed by atoms with E-state index in [1.54, 1.807) is 17.1 Å². The second kappa shape index (κ2) is 6.26. The largest absolute Gasteiger partial charge is 0.322 e. The Morgan fingerprint density at radius 2 is 1.82 bits per heavy atom. The van der Waals surface area contributed by atoms with E-state index in [4.69, 9.17) is 0 Å². The molecule has 2 aromatic carbocycles. The van der Waals surface area contributed by atoms with Crippen molar-refractivity contribution in [2.45, 2.75) is 13.5 Å². The summed E-state index contributed by atoms with van der Waals surface area (Å²) in [5.74, 6) is -0.150. The van der Waals surface area contributed by atoms with Crippen LogP contribution >= 0.6 is 0 Å². The number of amides is 1.